The fourth-order valence-electron chi connectivity index (χ4n) is 1.27. The van der Waals surface area contributed by atoms with Gasteiger partial charge < -0.3 is 16.2 Å². The van der Waals surface area contributed by atoms with E-state index in [0.29, 0.717) is 13.3 Å². The average molecular weight is 276 g/mol. The Bertz CT molecular complexity index is 441. The summed E-state index contributed by atoms with van der Waals surface area (Å²) in [6.07, 6.45) is -4.39. The monoisotopic (exact) mass is 276 g/mol. The van der Waals surface area contributed by atoms with Crippen molar-refractivity contribution >= 4 is 11.6 Å². The zero-order chi connectivity index (χ0) is 14.7. The van der Waals surface area contributed by atoms with E-state index in [0.717, 1.165) is 5.56 Å². The highest BCUT2D eigenvalue weighted by molar-refractivity contribution is 5.98. The van der Waals surface area contributed by atoms with Crippen LogP contribution in [0.1, 0.15) is 12.5 Å². The highest BCUT2D eigenvalue weighted by Crippen LogP contribution is 2.29. The summed E-state index contributed by atoms with van der Waals surface area (Å²) in [5.74, 6) is -1.32. The Labute approximate surface area is 108 Å². The second kappa shape index (κ2) is 5.58. The lowest BCUT2D eigenvalue weighted by Gasteiger charge is -2.26. The van der Waals surface area contributed by atoms with Gasteiger partial charge in [-0.15, -0.1) is 0 Å². The van der Waals surface area contributed by atoms with E-state index >= 15 is 0 Å². The van der Waals surface area contributed by atoms with Crippen molar-refractivity contribution in [1.29, 1.82) is 0 Å². The van der Waals surface area contributed by atoms with E-state index in [9.17, 15) is 18.0 Å². The second-order valence-corrected chi connectivity index (χ2v) is 4.32. The highest BCUT2D eigenvalue weighted by atomic mass is 19.4. The Morgan fingerprint density at radius 1 is 1.32 bits per heavy atom. The number of halogens is 3. The Balaban J connectivity index is 2.77. The van der Waals surface area contributed by atoms with Crippen LogP contribution in [0.3, 0.4) is 0 Å². The first-order chi connectivity index (χ1) is 8.68. The van der Waals surface area contributed by atoms with Crippen LogP contribution in [-0.4, -0.2) is 29.3 Å². The molecule has 4 nitrogen and oxygen atoms in total. The van der Waals surface area contributed by atoms with Crippen LogP contribution in [0.25, 0.3) is 0 Å². The number of carbonyl (C=O) groups excluding carboxylic acids is 1. The van der Waals surface area contributed by atoms with E-state index in [4.69, 9.17) is 10.8 Å². The molecule has 0 aliphatic heterocycles. The number of alkyl halides is 3. The number of hydrogen-bond acceptors (Lipinski definition) is 3. The first-order valence-electron chi connectivity index (χ1n) is 5.55. The summed E-state index contributed by atoms with van der Waals surface area (Å²) in [7, 11) is 0. The minimum Gasteiger partial charge on any atom is -0.396 e. The molecule has 0 aliphatic rings. The van der Waals surface area contributed by atoms with E-state index in [-0.39, 0.29) is 12.3 Å². The lowest BCUT2D eigenvalue weighted by Crippen LogP contribution is -2.59. The van der Waals surface area contributed by atoms with E-state index in [1.54, 1.807) is 12.1 Å². The van der Waals surface area contributed by atoms with Gasteiger partial charge in [0.25, 0.3) is 5.91 Å². The Morgan fingerprint density at radius 3 is 2.26 bits per heavy atom. The molecule has 4 N–H and O–H groups in total. The van der Waals surface area contributed by atoms with E-state index < -0.39 is 17.6 Å². The first-order valence-corrected chi connectivity index (χ1v) is 5.55. The van der Waals surface area contributed by atoms with Gasteiger partial charge in [-0.3, -0.25) is 4.79 Å². The number of anilines is 1. The third-order valence-corrected chi connectivity index (χ3v) is 2.67. The van der Waals surface area contributed by atoms with Gasteiger partial charge in [-0.2, -0.15) is 13.2 Å². The summed E-state index contributed by atoms with van der Waals surface area (Å²) in [6, 6.07) is 6.12. The Kier molecular flexibility index (Phi) is 4.54. The molecule has 1 aromatic rings. The van der Waals surface area contributed by atoms with Gasteiger partial charge >= 0.3 is 6.18 Å². The van der Waals surface area contributed by atoms with Crippen LogP contribution in [0.4, 0.5) is 18.9 Å². The summed E-state index contributed by atoms with van der Waals surface area (Å²) < 4.78 is 37.6. The molecule has 0 fully saturated rings. The summed E-state index contributed by atoms with van der Waals surface area (Å²) >= 11 is 0. The smallest absolute Gasteiger partial charge is 0.396 e. The van der Waals surface area contributed by atoms with Crippen LogP contribution in [0, 0.1) is 0 Å². The van der Waals surface area contributed by atoms with Gasteiger partial charge in [0.05, 0.1) is 0 Å². The summed E-state index contributed by atoms with van der Waals surface area (Å²) in [4.78, 5) is 11.5. The van der Waals surface area contributed by atoms with Crippen molar-refractivity contribution in [2.75, 3.05) is 11.9 Å². The summed E-state index contributed by atoms with van der Waals surface area (Å²) in [5, 5.41) is 10.8. The summed E-state index contributed by atoms with van der Waals surface area (Å²) in [5.41, 5.74) is 3.07. The zero-order valence-corrected chi connectivity index (χ0v) is 10.3. The molecule has 106 valence electrons. The van der Waals surface area contributed by atoms with Crippen molar-refractivity contribution in [3.8, 4) is 0 Å². The van der Waals surface area contributed by atoms with Crippen molar-refractivity contribution in [3.05, 3.63) is 29.8 Å². The second-order valence-electron chi connectivity index (χ2n) is 4.32. The van der Waals surface area contributed by atoms with Crippen molar-refractivity contribution < 1.29 is 23.1 Å². The van der Waals surface area contributed by atoms with Crippen LogP contribution in [0.5, 0.6) is 0 Å². The molecule has 0 radical (unpaired) electrons. The third kappa shape index (κ3) is 3.68. The molecule has 19 heavy (non-hydrogen) atoms. The van der Waals surface area contributed by atoms with Gasteiger partial charge in [0.2, 0.25) is 0 Å². The normalized spacial score (nSPS) is 14.8. The molecule has 0 spiro atoms. The van der Waals surface area contributed by atoms with Gasteiger partial charge in [0.15, 0.2) is 5.54 Å². The molecule has 1 aromatic carbocycles. The van der Waals surface area contributed by atoms with E-state index in [1.807, 2.05) is 0 Å². The predicted molar refractivity (Wildman–Crippen MR) is 64.5 cm³/mol. The number of nitrogens with two attached hydrogens (primary N) is 1. The minimum absolute atomic E-state index is 0.0271. The summed E-state index contributed by atoms with van der Waals surface area (Å²) in [6.45, 7) is 0.586. The largest absolute Gasteiger partial charge is 0.415 e. The topological polar surface area (TPSA) is 75.4 Å². The molecule has 0 heterocycles. The molecule has 0 aliphatic carbocycles. The maximum absolute atomic E-state index is 12.5. The van der Waals surface area contributed by atoms with Crippen molar-refractivity contribution in [3.63, 3.8) is 0 Å². The number of hydrogen-bond donors (Lipinski definition) is 3. The van der Waals surface area contributed by atoms with E-state index in [1.165, 1.54) is 12.1 Å². The molecule has 1 atom stereocenters. The number of rotatable bonds is 4. The lowest BCUT2D eigenvalue weighted by molar-refractivity contribution is -0.184. The Hall–Kier alpha value is -1.60. The van der Waals surface area contributed by atoms with Crippen molar-refractivity contribution in [2.45, 2.75) is 25.1 Å². The van der Waals surface area contributed by atoms with Gasteiger partial charge in [-0.1, -0.05) is 12.1 Å². The van der Waals surface area contributed by atoms with Gasteiger partial charge in [0.1, 0.15) is 0 Å². The van der Waals surface area contributed by atoms with E-state index in [2.05, 4.69) is 5.32 Å². The van der Waals surface area contributed by atoms with Crippen molar-refractivity contribution in [1.82, 2.24) is 0 Å². The molecular formula is C12H15F3N2O2. The van der Waals surface area contributed by atoms with Gasteiger partial charge in [-0.05, 0) is 31.0 Å². The number of amides is 1. The molecule has 0 bridgehead atoms. The highest BCUT2D eigenvalue weighted by Gasteiger charge is 2.53. The van der Waals surface area contributed by atoms with Crippen LogP contribution in [0.15, 0.2) is 24.3 Å². The molecule has 1 unspecified atom stereocenters. The molecular weight excluding hydrogens is 261 g/mol. The fraction of sp³-hybridized carbons (Fsp3) is 0.417. The molecule has 1 rings (SSSR count). The number of carbonyl (C=O) groups is 1. The van der Waals surface area contributed by atoms with Crippen LogP contribution >= 0.6 is 0 Å². The average Bonchev–Trinajstić information content (AvgIpc) is 2.30. The molecule has 0 aromatic heterocycles. The molecule has 1 amide bonds. The van der Waals surface area contributed by atoms with Gasteiger partial charge in [0, 0.05) is 12.3 Å². The van der Waals surface area contributed by atoms with Crippen LogP contribution < -0.4 is 11.1 Å². The standard InChI is InChI=1S/C12H15F3N2O2/c1-11(16,12(13,14)15)10(19)17-9-4-2-8(3-5-9)6-7-18/h2-5,18H,6-7,16H2,1H3,(H,17,19). The van der Waals surface area contributed by atoms with Gasteiger partial charge in [-0.25, -0.2) is 0 Å². The fourth-order valence-corrected chi connectivity index (χ4v) is 1.27. The van der Waals surface area contributed by atoms with Crippen LogP contribution in [0.2, 0.25) is 0 Å². The SMILES string of the molecule is CC(N)(C(=O)Nc1ccc(CCO)cc1)C(F)(F)F. The molecule has 0 saturated heterocycles. The number of nitrogens with one attached hydrogen (secondary N) is 1. The first kappa shape index (κ1) is 15.5. The van der Waals surface area contributed by atoms with Crippen molar-refractivity contribution in [2.24, 2.45) is 5.73 Å². The lowest BCUT2D eigenvalue weighted by atomic mass is 10.0. The number of benzene rings is 1. The quantitative estimate of drug-likeness (QED) is 0.779. The zero-order valence-electron chi connectivity index (χ0n) is 10.3. The molecule has 0 saturated carbocycles. The maximum atomic E-state index is 12.5. The number of aliphatic hydroxyl groups excluding tert-OH is 1. The van der Waals surface area contributed by atoms with Crippen LogP contribution in [-0.2, 0) is 11.2 Å². The minimum atomic E-state index is -4.83. The molecule has 7 heteroatoms. The maximum Gasteiger partial charge on any atom is 0.415 e. The number of aliphatic hydroxyl groups is 1. The predicted octanol–water partition coefficient (Wildman–Crippen LogP) is 1.44. The third-order valence-electron chi connectivity index (χ3n) is 2.67. The Morgan fingerprint density at radius 2 is 1.84 bits per heavy atom.